The van der Waals surface area contributed by atoms with E-state index < -0.39 is 27.8 Å². The van der Waals surface area contributed by atoms with Gasteiger partial charge in [-0.3, -0.25) is 4.79 Å². The largest absolute Gasteiger partial charge is 0.355 e. The third kappa shape index (κ3) is 3.86. The fourth-order valence-corrected chi connectivity index (χ4v) is 7.12. The lowest BCUT2D eigenvalue weighted by molar-refractivity contribution is -0.128. The van der Waals surface area contributed by atoms with Gasteiger partial charge in [-0.15, -0.1) is 0 Å². The number of sulfone groups is 1. The van der Waals surface area contributed by atoms with Crippen molar-refractivity contribution in [2.75, 3.05) is 36.8 Å². The molecule has 1 N–H and O–H groups in total. The number of nitrogens with zero attached hydrogens (tertiary/aromatic N) is 4. The van der Waals surface area contributed by atoms with Crippen molar-refractivity contribution in [2.24, 2.45) is 4.99 Å². The van der Waals surface area contributed by atoms with Crippen molar-refractivity contribution in [3.8, 4) is 11.1 Å². The van der Waals surface area contributed by atoms with Crippen LogP contribution in [-0.4, -0.2) is 79.4 Å². The van der Waals surface area contributed by atoms with Crippen molar-refractivity contribution in [3.63, 3.8) is 0 Å². The third-order valence-corrected chi connectivity index (χ3v) is 8.79. The van der Waals surface area contributed by atoms with Gasteiger partial charge in [-0.25, -0.2) is 22.2 Å². The molecule has 8 nitrogen and oxygen atoms in total. The van der Waals surface area contributed by atoms with Gasteiger partial charge in [0.15, 0.2) is 9.84 Å². The van der Waals surface area contributed by atoms with Crippen LogP contribution in [0.5, 0.6) is 0 Å². The van der Waals surface area contributed by atoms with Gasteiger partial charge in [-0.05, 0) is 31.2 Å². The number of carbonyl (C=O) groups is 1. The van der Waals surface area contributed by atoms with Crippen LogP contribution < -0.4 is 4.90 Å². The van der Waals surface area contributed by atoms with E-state index in [4.69, 9.17) is 11.6 Å². The van der Waals surface area contributed by atoms with Crippen LogP contribution in [0.1, 0.15) is 12.5 Å². The quantitative estimate of drug-likeness (QED) is 0.593. The number of rotatable bonds is 2. The van der Waals surface area contributed by atoms with Gasteiger partial charge in [-0.2, -0.15) is 0 Å². The molecule has 1 unspecified atom stereocenters. The van der Waals surface area contributed by atoms with Crippen LogP contribution in [-0.2, 0) is 14.6 Å². The maximum atomic E-state index is 14.8. The molecule has 190 valence electrons. The van der Waals surface area contributed by atoms with Crippen LogP contribution in [0, 0.1) is 11.6 Å². The van der Waals surface area contributed by atoms with Gasteiger partial charge in [0.2, 0.25) is 12.3 Å². The Balaban J connectivity index is 1.70. The van der Waals surface area contributed by atoms with Gasteiger partial charge in [0, 0.05) is 55.0 Å². The molecule has 2 atom stereocenters. The molecule has 12 heteroatoms. The number of aliphatic imine (C=N–C) groups is 1. The average molecular weight is 537 g/mol. The third-order valence-electron chi connectivity index (χ3n) is 6.75. The molecule has 1 saturated heterocycles. The van der Waals surface area contributed by atoms with E-state index in [9.17, 15) is 27.1 Å². The molecule has 1 fully saturated rings. The highest BCUT2D eigenvalue weighted by Gasteiger charge is 2.43. The lowest BCUT2D eigenvalue weighted by Crippen LogP contribution is -2.57. The number of amidine groups is 1. The molecule has 0 saturated carbocycles. The zero-order valence-electron chi connectivity index (χ0n) is 19.3. The molecular weight excluding hydrogens is 514 g/mol. The Morgan fingerprint density at radius 3 is 2.61 bits per heavy atom. The second-order valence-electron chi connectivity index (χ2n) is 8.93. The standard InChI is InChI=1S/C24H23ClF2N4O4S/c1-3-19(32)29-6-7-30(13(2)12-29)23-16-11-17(25)20(15-5-4-14(26)10-18(15)27)22-21(16)31(24(33)28-23)8-9-36(22,34)35/h3-5,10-11,13,24,33H,1,6-9,12H2,2H3/t13-,24?/m0/s1. The first-order chi connectivity index (χ1) is 17.0. The molecule has 2 aromatic rings. The molecule has 3 aliphatic heterocycles. The summed E-state index contributed by atoms with van der Waals surface area (Å²) < 4.78 is 55.2. The van der Waals surface area contributed by atoms with Gasteiger partial charge in [0.25, 0.3) is 0 Å². The molecular formula is C24H23ClF2N4O4S. The smallest absolute Gasteiger partial charge is 0.246 e. The minimum atomic E-state index is -3.95. The summed E-state index contributed by atoms with van der Waals surface area (Å²) in [6, 6.07) is 4.13. The van der Waals surface area contributed by atoms with E-state index in [0.717, 1.165) is 12.1 Å². The van der Waals surface area contributed by atoms with E-state index in [-0.39, 0.29) is 51.0 Å². The van der Waals surface area contributed by atoms with E-state index in [1.807, 2.05) is 11.8 Å². The lowest BCUT2D eigenvalue weighted by atomic mass is 9.97. The molecule has 0 radical (unpaired) electrons. The van der Waals surface area contributed by atoms with Crippen LogP contribution in [0.3, 0.4) is 0 Å². The first-order valence-corrected chi connectivity index (χ1v) is 13.3. The van der Waals surface area contributed by atoms with Gasteiger partial charge in [0.05, 0.1) is 16.5 Å². The Hall–Kier alpha value is -3.02. The number of hydrogen-bond acceptors (Lipinski definition) is 7. The first kappa shape index (κ1) is 24.7. The zero-order valence-corrected chi connectivity index (χ0v) is 20.9. The van der Waals surface area contributed by atoms with E-state index in [1.165, 1.54) is 17.0 Å². The number of amides is 1. The second kappa shape index (κ2) is 8.82. The number of carbonyl (C=O) groups excluding carboxylic acids is 1. The van der Waals surface area contributed by atoms with Crippen molar-refractivity contribution in [1.82, 2.24) is 9.80 Å². The number of hydrogen-bond donors (Lipinski definition) is 1. The van der Waals surface area contributed by atoms with Crippen molar-refractivity contribution in [2.45, 2.75) is 24.2 Å². The van der Waals surface area contributed by atoms with E-state index in [1.54, 1.807) is 4.90 Å². The molecule has 3 aliphatic rings. The topological polar surface area (TPSA) is 93.5 Å². The van der Waals surface area contributed by atoms with E-state index >= 15 is 0 Å². The summed E-state index contributed by atoms with van der Waals surface area (Å²) in [5.41, 5.74) is 0.317. The van der Waals surface area contributed by atoms with Gasteiger partial charge in [-0.1, -0.05) is 18.2 Å². The number of aliphatic hydroxyl groups is 1. The minimum Gasteiger partial charge on any atom is -0.355 e. The van der Waals surface area contributed by atoms with Gasteiger partial charge in [0.1, 0.15) is 22.4 Å². The van der Waals surface area contributed by atoms with Crippen LogP contribution >= 0.6 is 11.6 Å². The zero-order chi connectivity index (χ0) is 25.9. The van der Waals surface area contributed by atoms with Crippen LogP contribution in [0.2, 0.25) is 5.02 Å². The maximum Gasteiger partial charge on any atom is 0.246 e. The normalized spacial score (nSPS) is 22.7. The molecule has 3 heterocycles. The number of piperazine rings is 1. The molecule has 0 bridgehead atoms. The summed E-state index contributed by atoms with van der Waals surface area (Å²) in [7, 11) is -3.95. The van der Waals surface area contributed by atoms with Crippen molar-refractivity contribution in [1.29, 1.82) is 0 Å². The Morgan fingerprint density at radius 2 is 1.94 bits per heavy atom. The SMILES string of the molecule is C=CC(=O)N1CCN(C2=NC(O)N3CCS(=O)(=O)c4c(-c5ccc(F)cc5F)c(Cl)cc2c43)[C@@H](C)C1. The molecule has 1 amide bonds. The van der Waals surface area contributed by atoms with E-state index in [2.05, 4.69) is 11.6 Å². The van der Waals surface area contributed by atoms with Gasteiger partial charge >= 0.3 is 0 Å². The summed E-state index contributed by atoms with van der Waals surface area (Å²) in [5, 5.41) is 10.9. The number of halogens is 3. The summed E-state index contributed by atoms with van der Waals surface area (Å²) in [6.07, 6.45) is -0.134. The van der Waals surface area contributed by atoms with Crippen LogP contribution in [0.25, 0.3) is 11.1 Å². The fraction of sp³-hybridized carbons (Fsp3) is 0.333. The second-order valence-corrected chi connectivity index (χ2v) is 11.4. The first-order valence-electron chi connectivity index (χ1n) is 11.3. The van der Waals surface area contributed by atoms with Gasteiger partial charge < -0.3 is 19.8 Å². The van der Waals surface area contributed by atoms with Crippen molar-refractivity contribution < 1.29 is 27.1 Å². The average Bonchev–Trinajstić information content (AvgIpc) is 2.82. The molecule has 5 rings (SSSR count). The maximum absolute atomic E-state index is 14.8. The highest BCUT2D eigenvalue weighted by molar-refractivity contribution is 7.91. The number of benzene rings is 2. The molecule has 0 spiro atoms. The highest BCUT2D eigenvalue weighted by Crippen LogP contribution is 2.48. The lowest BCUT2D eigenvalue weighted by Gasteiger charge is -2.45. The summed E-state index contributed by atoms with van der Waals surface area (Å²) >= 11 is 6.61. The van der Waals surface area contributed by atoms with Crippen LogP contribution in [0.4, 0.5) is 14.5 Å². The molecule has 0 aliphatic carbocycles. The molecule has 36 heavy (non-hydrogen) atoms. The van der Waals surface area contributed by atoms with Crippen LogP contribution in [0.15, 0.2) is 46.8 Å². The summed E-state index contributed by atoms with van der Waals surface area (Å²) in [5.74, 6) is -1.97. The number of aliphatic hydroxyl groups excluding tert-OH is 1. The summed E-state index contributed by atoms with van der Waals surface area (Å²) in [4.78, 5) is 21.3. The monoisotopic (exact) mass is 536 g/mol. The minimum absolute atomic E-state index is 0.0234. The Morgan fingerprint density at radius 1 is 1.19 bits per heavy atom. The molecule has 0 aromatic heterocycles. The van der Waals surface area contributed by atoms with E-state index in [0.29, 0.717) is 37.1 Å². The number of anilines is 1. The van der Waals surface area contributed by atoms with Crippen molar-refractivity contribution in [3.05, 3.63) is 59.1 Å². The summed E-state index contributed by atoms with van der Waals surface area (Å²) in [6.45, 7) is 6.51. The Labute approximate surface area is 212 Å². The fourth-order valence-electron chi connectivity index (χ4n) is 5.06. The highest BCUT2D eigenvalue weighted by atomic mass is 35.5. The Kier molecular flexibility index (Phi) is 6.05. The molecule has 2 aromatic carbocycles. The van der Waals surface area contributed by atoms with Crippen molar-refractivity contribution >= 4 is 38.9 Å². The Bertz CT molecular complexity index is 1430. The predicted octanol–water partition coefficient (Wildman–Crippen LogP) is 2.63. The predicted molar refractivity (Wildman–Crippen MR) is 132 cm³/mol.